The number of benzene rings is 1. The highest BCUT2D eigenvalue weighted by atomic mass is 16.8. The topological polar surface area (TPSA) is 224 Å². The molecule has 4 fully saturated rings. The molecule has 4 aliphatic rings. The predicted octanol–water partition coefficient (Wildman–Crippen LogP) is 4.97. The van der Waals surface area contributed by atoms with Crippen molar-refractivity contribution in [3.8, 4) is 0 Å². The lowest BCUT2D eigenvalue weighted by molar-refractivity contribution is -0.317. The molecule has 0 radical (unpaired) electrons. The molecule has 20 heteroatoms. The zero-order valence-electron chi connectivity index (χ0n) is 44.5. The number of amides is 1. The number of aryl methyl sites for hydroxylation is 1. The SMILES string of the molecule is CC[C@H]1OC(=O)[C@H](C)[C@@H](O[C@H]2C[C@@](C)(OC)[C@@H](OC(=O)NCc3cn(Cc4cccc(C)c4)nn3)[C@H](C)O2)[C@H](C)[C@@H](O[C@@H]2O[C@H](C)C[C@H](N(C)C)[C@H]2O)[C@](C)(O)C[C@@H](C)CN(C)[C@H](C)[C@H]2OC(=O)O[C@@]21C. The molecule has 5 heterocycles. The Morgan fingerprint density at radius 2 is 1.73 bits per heavy atom. The van der Waals surface area contributed by atoms with Gasteiger partial charge in [0.15, 0.2) is 30.4 Å². The maximum absolute atomic E-state index is 14.8. The van der Waals surface area contributed by atoms with Crippen LogP contribution in [0.15, 0.2) is 30.5 Å². The fourth-order valence-corrected chi connectivity index (χ4v) is 11.4. The first-order valence-corrected chi connectivity index (χ1v) is 25.2. The van der Waals surface area contributed by atoms with E-state index in [0.29, 0.717) is 25.2 Å². The zero-order chi connectivity index (χ0) is 52.3. The quantitative estimate of drug-likeness (QED) is 0.189. The summed E-state index contributed by atoms with van der Waals surface area (Å²) in [5.74, 6) is -2.70. The molecule has 400 valence electrons. The lowest BCUT2D eigenvalue weighted by atomic mass is 9.77. The summed E-state index contributed by atoms with van der Waals surface area (Å²) >= 11 is 0. The van der Waals surface area contributed by atoms with Crippen molar-refractivity contribution in [3.63, 3.8) is 0 Å². The first kappa shape index (κ1) is 56.3. The van der Waals surface area contributed by atoms with Crippen molar-refractivity contribution in [2.45, 2.75) is 205 Å². The Labute approximate surface area is 419 Å². The number of aromatic nitrogens is 3. The number of rotatable bonds is 12. The van der Waals surface area contributed by atoms with Gasteiger partial charge in [-0.15, -0.1) is 5.10 Å². The van der Waals surface area contributed by atoms with Crippen LogP contribution < -0.4 is 5.32 Å². The van der Waals surface area contributed by atoms with Crippen LogP contribution in [0.3, 0.4) is 0 Å². The van der Waals surface area contributed by atoms with Crippen LogP contribution in [-0.2, 0) is 60.5 Å². The van der Waals surface area contributed by atoms with Gasteiger partial charge in [-0.2, -0.15) is 0 Å². The van der Waals surface area contributed by atoms with Gasteiger partial charge in [0.25, 0.3) is 0 Å². The van der Waals surface area contributed by atoms with E-state index >= 15 is 0 Å². The standard InChI is InChI=1S/C51H82N6O14/c1-16-38-51(11)43(70-48(61)71-51)33(7)56(14)25-29(3)22-49(9,62)42(68-46-40(58)37(55(12)13)21-30(4)64-46)31(5)41(32(6)45(59)66-38)67-39-23-50(10,63-15)44(34(8)65-39)69-47(60)52-24-36-27-57(54-53-36)26-35-19-17-18-28(2)20-35/h17-20,27,29-34,37-44,46,58,62H,16,21-26H2,1-15H3,(H,52,60)/t29-,30-,31+,32-,33-,34+,37+,38-,39+,40-,41+,42-,43-,44+,46+,49-,50-,51-/m1/s1. The summed E-state index contributed by atoms with van der Waals surface area (Å²) in [6.45, 7) is 21.2. The third kappa shape index (κ3) is 13.0. The number of nitrogens with one attached hydrogen (secondary N) is 1. The Hall–Kier alpha value is -3.99. The first-order chi connectivity index (χ1) is 33.3. The molecule has 1 amide bonds. The van der Waals surface area contributed by atoms with Gasteiger partial charge in [-0.25, -0.2) is 14.3 Å². The Bertz CT molecular complexity index is 2110. The Morgan fingerprint density at radius 3 is 2.39 bits per heavy atom. The van der Waals surface area contributed by atoms with Gasteiger partial charge in [-0.1, -0.05) is 55.8 Å². The van der Waals surface area contributed by atoms with Gasteiger partial charge in [0, 0.05) is 38.1 Å². The second kappa shape index (κ2) is 23.1. The Kier molecular flexibility index (Phi) is 18.3. The van der Waals surface area contributed by atoms with E-state index in [1.165, 1.54) is 7.11 Å². The van der Waals surface area contributed by atoms with Gasteiger partial charge in [0.2, 0.25) is 0 Å². The zero-order valence-corrected chi connectivity index (χ0v) is 44.5. The fraction of sp³-hybridized carbons (Fsp3) is 0.784. The molecule has 4 saturated heterocycles. The smallest absolute Gasteiger partial charge is 0.458 e. The molecule has 0 spiro atoms. The van der Waals surface area contributed by atoms with Crippen molar-refractivity contribution in [2.24, 2.45) is 17.8 Å². The number of alkyl carbamates (subject to hydrolysis) is 1. The van der Waals surface area contributed by atoms with Crippen LogP contribution in [0.2, 0.25) is 0 Å². The molecule has 3 N–H and O–H groups in total. The number of aliphatic hydroxyl groups is 2. The minimum atomic E-state index is -1.61. The number of cyclic esters (lactones) is 1. The van der Waals surface area contributed by atoms with E-state index in [-0.39, 0.29) is 49.9 Å². The molecule has 1 aromatic carbocycles. The van der Waals surface area contributed by atoms with Crippen LogP contribution in [0.25, 0.3) is 0 Å². The number of aliphatic hydroxyl groups excluding tert-OH is 1. The Morgan fingerprint density at radius 1 is 1.01 bits per heavy atom. The normalized spacial score (nSPS) is 39.9. The average Bonchev–Trinajstić information content (AvgIpc) is 3.88. The molecule has 2 aromatic rings. The molecule has 6 rings (SSSR count). The Balaban J connectivity index is 1.28. The number of methoxy groups -OCH3 is 1. The number of ether oxygens (including phenoxy) is 9. The van der Waals surface area contributed by atoms with Crippen molar-refractivity contribution in [1.29, 1.82) is 0 Å². The van der Waals surface area contributed by atoms with Crippen LogP contribution in [0.1, 0.15) is 112 Å². The van der Waals surface area contributed by atoms with Crippen molar-refractivity contribution in [1.82, 2.24) is 30.1 Å². The molecule has 18 atom stereocenters. The van der Waals surface area contributed by atoms with Gasteiger partial charge in [0.1, 0.15) is 23.5 Å². The average molecular weight is 1000 g/mol. The molecule has 71 heavy (non-hydrogen) atoms. The van der Waals surface area contributed by atoms with Crippen LogP contribution in [0.5, 0.6) is 0 Å². The van der Waals surface area contributed by atoms with E-state index in [1.54, 1.807) is 45.5 Å². The molecule has 0 unspecified atom stereocenters. The summed E-state index contributed by atoms with van der Waals surface area (Å²) in [5.41, 5.74) is -1.38. The molecular formula is C51H82N6O14. The largest absolute Gasteiger partial charge is 0.509 e. The van der Waals surface area contributed by atoms with Crippen molar-refractivity contribution >= 4 is 18.2 Å². The summed E-state index contributed by atoms with van der Waals surface area (Å²) in [5, 5.41) is 35.8. The van der Waals surface area contributed by atoms with E-state index < -0.39 is 102 Å². The van der Waals surface area contributed by atoms with Gasteiger partial charge >= 0.3 is 18.2 Å². The van der Waals surface area contributed by atoms with E-state index in [4.69, 9.17) is 42.6 Å². The van der Waals surface area contributed by atoms with E-state index in [9.17, 15) is 24.6 Å². The first-order valence-electron chi connectivity index (χ1n) is 25.2. The summed E-state index contributed by atoms with van der Waals surface area (Å²) < 4.78 is 58.5. The molecular weight excluding hydrogens is 921 g/mol. The maximum Gasteiger partial charge on any atom is 0.509 e. The number of fused-ring (bicyclic) bond motifs is 1. The monoisotopic (exact) mass is 1000 g/mol. The van der Waals surface area contributed by atoms with E-state index in [1.807, 2.05) is 90.7 Å². The summed E-state index contributed by atoms with van der Waals surface area (Å²) in [4.78, 5) is 45.1. The minimum Gasteiger partial charge on any atom is -0.458 e. The molecule has 0 saturated carbocycles. The summed E-state index contributed by atoms with van der Waals surface area (Å²) in [6.07, 6.45) is -7.92. The van der Waals surface area contributed by atoms with Crippen LogP contribution in [0, 0.1) is 24.7 Å². The van der Waals surface area contributed by atoms with Gasteiger partial charge in [-0.05, 0) is 107 Å². The summed E-state index contributed by atoms with van der Waals surface area (Å²) in [6, 6.07) is 7.40. The van der Waals surface area contributed by atoms with Gasteiger partial charge in [-0.3, -0.25) is 9.69 Å². The summed E-state index contributed by atoms with van der Waals surface area (Å²) in [7, 11) is 7.19. The highest BCUT2D eigenvalue weighted by molar-refractivity contribution is 5.73. The molecule has 4 aliphatic heterocycles. The van der Waals surface area contributed by atoms with Gasteiger partial charge in [0.05, 0.1) is 55.2 Å². The second-order valence-electron chi connectivity index (χ2n) is 21.7. The number of hydrogen-bond acceptors (Lipinski definition) is 18. The van der Waals surface area contributed by atoms with Crippen LogP contribution in [0.4, 0.5) is 9.59 Å². The number of carbonyl (C=O) groups excluding carboxylic acids is 3. The predicted molar refractivity (Wildman–Crippen MR) is 259 cm³/mol. The highest BCUT2D eigenvalue weighted by Crippen LogP contribution is 2.42. The van der Waals surface area contributed by atoms with Gasteiger partial charge < -0.3 is 63.1 Å². The second-order valence-corrected chi connectivity index (χ2v) is 21.7. The van der Waals surface area contributed by atoms with Crippen molar-refractivity contribution in [3.05, 3.63) is 47.3 Å². The van der Waals surface area contributed by atoms with Crippen molar-refractivity contribution in [2.75, 3.05) is 34.8 Å². The number of likely N-dealkylation sites (N-methyl/N-ethyl adjacent to an activating group) is 2. The molecule has 20 nitrogen and oxygen atoms in total. The number of esters is 1. The maximum atomic E-state index is 14.8. The molecule has 1 aromatic heterocycles. The lowest BCUT2D eigenvalue weighted by Crippen LogP contribution is -2.61. The third-order valence-corrected chi connectivity index (χ3v) is 15.3. The van der Waals surface area contributed by atoms with Crippen molar-refractivity contribution < 1.29 is 67.2 Å². The van der Waals surface area contributed by atoms with Crippen LogP contribution in [-0.4, -0.2) is 178 Å². The highest BCUT2D eigenvalue weighted by Gasteiger charge is 2.58. The number of hydrogen-bond donors (Lipinski definition) is 3. The van der Waals surface area contributed by atoms with Crippen LogP contribution >= 0.6 is 0 Å². The minimum absolute atomic E-state index is 0.0460. The molecule has 0 aliphatic carbocycles. The number of carbonyl (C=O) groups is 3. The number of nitrogens with zero attached hydrogens (tertiary/aromatic N) is 5. The van der Waals surface area contributed by atoms with E-state index in [0.717, 1.165) is 11.1 Å². The lowest BCUT2D eigenvalue weighted by Gasteiger charge is -2.49. The fourth-order valence-electron chi connectivity index (χ4n) is 11.4. The molecule has 0 bridgehead atoms. The van der Waals surface area contributed by atoms with E-state index in [2.05, 4.69) is 21.7 Å². The third-order valence-electron chi connectivity index (χ3n) is 15.3.